The van der Waals surface area contributed by atoms with Gasteiger partial charge in [0.15, 0.2) is 0 Å². The predicted octanol–water partition coefficient (Wildman–Crippen LogP) is 4.64. The Morgan fingerprint density at radius 3 is 2.52 bits per heavy atom. The zero-order valence-electron chi connectivity index (χ0n) is 15.3. The number of ether oxygens (including phenoxy) is 2. The van der Waals surface area contributed by atoms with Gasteiger partial charge in [-0.15, -0.1) is 0 Å². The Bertz CT molecular complexity index is 589. The Balaban J connectivity index is 2.70. The number of unbranched alkanes of at least 4 members (excludes halogenated alkanes) is 1. The molecular formula is C18H28N2O5. The zero-order valence-corrected chi connectivity index (χ0v) is 15.3. The maximum Gasteiger partial charge on any atom is 0.411 e. The summed E-state index contributed by atoms with van der Waals surface area (Å²) in [6, 6.07) is 3.01. The maximum atomic E-state index is 12.0. The van der Waals surface area contributed by atoms with Gasteiger partial charge in [-0.2, -0.15) is 0 Å². The monoisotopic (exact) mass is 352 g/mol. The third kappa shape index (κ3) is 6.91. The van der Waals surface area contributed by atoms with Crippen molar-refractivity contribution in [1.29, 1.82) is 0 Å². The van der Waals surface area contributed by atoms with Crippen LogP contribution in [-0.4, -0.2) is 31.0 Å². The van der Waals surface area contributed by atoms with Crippen molar-refractivity contribution in [2.45, 2.75) is 46.5 Å². The first-order valence-electron chi connectivity index (χ1n) is 8.53. The van der Waals surface area contributed by atoms with Crippen molar-refractivity contribution in [2.75, 3.05) is 24.4 Å². The molecule has 1 atom stereocenters. The molecule has 1 rings (SSSR count). The number of nitrogens with one attached hydrogen (secondary N) is 2. The van der Waals surface area contributed by atoms with E-state index in [9.17, 15) is 14.7 Å². The van der Waals surface area contributed by atoms with Crippen molar-refractivity contribution >= 4 is 23.6 Å². The standard InChI is InChI=1S/C18H28N2O5/c1-5-7-8-13(6-2)11-25-18(23)20-15-10-14(19-17(22)24-4)9-12(3)16(15)21/h9-10,13,21H,5-8,11H2,1-4H3,(H,19,22)(H,20,23). The summed E-state index contributed by atoms with van der Waals surface area (Å²) in [5, 5.41) is 15.1. The van der Waals surface area contributed by atoms with E-state index in [2.05, 4.69) is 29.2 Å². The van der Waals surface area contributed by atoms with Crippen molar-refractivity contribution in [3.8, 4) is 5.75 Å². The molecule has 0 saturated carbocycles. The number of anilines is 2. The van der Waals surface area contributed by atoms with Gasteiger partial charge in [0, 0.05) is 5.69 Å². The van der Waals surface area contributed by atoms with Gasteiger partial charge in [0.2, 0.25) is 0 Å². The molecule has 7 nitrogen and oxygen atoms in total. The lowest BCUT2D eigenvalue weighted by molar-refractivity contribution is 0.136. The van der Waals surface area contributed by atoms with E-state index in [0.717, 1.165) is 25.7 Å². The van der Waals surface area contributed by atoms with Crippen molar-refractivity contribution in [2.24, 2.45) is 5.92 Å². The highest BCUT2D eigenvalue weighted by atomic mass is 16.5. The van der Waals surface area contributed by atoms with Crippen LogP contribution in [0.3, 0.4) is 0 Å². The molecule has 1 aromatic carbocycles. The predicted molar refractivity (Wildman–Crippen MR) is 97.1 cm³/mol. The molecule has 0 fully saturated rings. The molecule has 2 amide bonds. The zero-order chi connectivity index (χ0) is 18.8. The molecule has 0 bridgehead atoms. The third-order valence-electron chi connectivity index (χ3n) is 3.96. The number of aryl methyl sites for hydroxylation is 1. The quantitative estimate of drug-likeness (QED) is 0.467. The van der Waals surface area contributed by atoms with Gasteiger partial charge in [-0.3, -0.25) is 10.6 Å². The van der Waals surface area contributed by atoms with Crippen molar-refractivity contribution in [3.05, 3.63) is 17.7 Å². The van der Waals surface area contributed by atoms with Crippen LogP contribution in [0.25, 0.3) is 0 Å². The Kier molecular flexibility index (Phi) is 8.60. The van der Waals surface area contributed by atoms with Gasteiger partial charge in [-0.1, -0.05) is 33.1 Å². The lowest BCUT2D eigenvalue weighted by Crippen LogP contribution is -2.19. The van der Waals surface area contributed by atoms with Crippen molar-refractivity contribution < 1.29 is 24.2 Å². The molecule has 0 aliphatic rings. The number of aromatic hydroxyl groups is 1. The fraction of sp³-hybridized carbons (Fsp3) is 0.556. The van der Waals surface area contributed by atoms with E-state index in [1.165, 1.54) is 13.2 Å². The molecule has 0 radical (unpaired) electrons. The van der Waals surface area contributed by atoms with Gasteiger partial charge in [-0.25, -0.2) is 9.59 Å². The number of hydrogen-bond donors (Lipinski definition) is 3. The minimum absolute atomic E-state index is 0.0783. The minimum atomic E-state index is -0.639. The molecule has 0 saturated heterocycles. The van der Waals surface area contributed by atoms with Crippen LogP contribution in [0.15, 0.2) is 12.1 Å². The van der Waals surface area contributed by atoms with Crippen molar-refractivity contribution in [1.82, 2.24) is 0 Å². The number of methoxy groups -OCH3 is 1. The molecule has 140 valence electrons. The Labute approximate surface area is 148 Å². The van der Waals surface area contributed by atoms with Gasteiger partial charge in [-0.05, 0) is 37.0 Å². The summed E-state index contributed by atoms with van der Waals surface area (Å²) in [6.45, 7) is 6.19. The van der Waals surface area contributed by atoms with E-state index >= 15 is 0 Å². The van der Waals surface area contributed by atoms with Crippen LogP contribution in [0.2, 0.25) is 0 Å². The Morgan fingerprint density at radius 2 is 1.92 bits per heavy atom. The van der Waals surface area contributed by atoms with Crippen LogP contribution in [0.4, 0.5) is 21.0 Å². The number of hydrogen-bond acceptors (Lipinski definition) is 5. The van der Waals surface area contributed by atoms with Crippen LogP contribution in [0.5, 0.6) is 5.75 Å². The second kappa shape index (κ2) is 10.4. The smallest absolute Gasteiger partial charge is 0.411 e. The van der Waals surface area contributed by atoms with E-state index in [4.69, 9.17) is 4.74 Å². The average molecular weight is 352 g/mol. The first-order chi connectivity index (χ1) is 11.9. The number of benzene rings is 1. The molecule has 0 spiro atoms. The van der Waals surface area contributed by atoms with E-state index in [-0.39, 0.29) is 11.4 Å². The topological polar surface area (TPSA) is 96.9 Å². The van der Waals surface area contributed by atoms with E-state index in [0.29, 0.717) is 23.8 Å². The average Bonchev–Trinajstić information content (AvgIpc) is 2.59. The number of carbonyl (C=O) groups is 2. The van der Waals surface area contributed by atoms with Crippen LogP contribution in [0.1, 0.15) is 45.1 Å². The van der Waals surface area contributed by atoms with Gasteiger partial charge in [0.25, 0.3) is 0 Å². The molecule has 1 aromatic rings. The molecule has 25 heavy (non-hydrogen) atoms. The molecule has 1 unspecified atom stereocenters. The summed E-state index contributed by atoms with van der Waals surface area (Å²) < 4.78 is 9.79. The maximum absolute atomic E-state index is 12.0. The van der Waals surface area contributed by atoms with E-state index < -0.39 is 12.2 Å². The van der Waals surface area contributed by atoms with E-state index in [1.807, 2.05) is 0 Å². The molecule has 0 aliphatic heterocycles. The molecule has 7 heteroatoms. The number of phenols is 1. The van der Waals surface area contributed by atoms with E-state index in [1.54, 1.807) is 13.0 Å². The largest absolute Gasteiger partial charge is 0.505 e. The van der Waals surface area contributed by atoms with Crippen LogP contribution in [-0.2, 0) is 9.47 Å². The number of rotatable bonds is 8. The third-order valence-corrected chi connectivity index (χ3v) is 3.96. The summed E-state index contributed by atoms with van der Waals surface area (Å²) in [7, 11) is 1.25. The molecular weight excluding hydrogens is 324 g/mol. The summed E-state index contributed by atoms with van der Waals surface area (Å²) in [5.41, 5.74) is 1.06. The fourth-order valence-corrected chi connectivity index (χ4v) is 2.35. The van der Waals surface area contributed by atoms with Gasteiger partial charge in [0.1, 0.15) is 5.75 Å². The first kappa shape index (κ1) is 20.6. The summed E-state index contributed by atoms with van der Waals surface area (Å²) in [5.74, 6) is 0.249. The lowest BCUT2D eigenvalue weighted by Gasteiger charge is -2.16. The minimum Gasteiger partial charge on any atom is -0.505 e. The van der Waals surface area contributed by atoms with Crippen LogP contribution < -0.4 is 10.6 Å². The van der Waals surface area contributed by atoms with Crippen LogP contribution >= 0.6 is 0 Å². The molecule has 0 aliphatic carbocycles. The Hall–Kier alpha value is -2.44. The van der Waals surface area contributed by atoms with Crippen LogP contribution in [0, 0.1) is 12.8 Å². The molecule has 0 heterocycles. The highest BCUT2D eigenvalue weighted by Crippen LogP contribution is 2.31. The first-order valence-corrected chi connectivity index (χ1v) is 8.53. The summed E-state index contributed by atoms with van der Waals surface area (Å²) >= 11 is 0. The van der Waals surface area contributed by atoms with Gasteiger partial charge < -0.3 is 14.6 Å². The fourth-order valence-electron chi connectivity index (χ4n) is 2.35. The number of phenolic OH excluding ortho intramolecular Hbond substituents is 1. The second-order valence-electron chi connectivity index (χ2n) is 5.95. The van der Waals surface area contributed by atoms with Crippen molar-refractivity contribution in [3.63, 3.8) is 0 Å². The highest BCUT2D eigenvalue weighted by Gasteiger charge is 2.14. The summed E-state index contributed by atoms with van der Waals surface area (Å²) in [6.07, 6.45) is 2.89. The lowest BCUT2D eigenvalue weighted by atomic mass is 10.0. The normalized spacial score (nSPS) is 11.5. The highest BCUT2D eigenvalue weighted by molar-refractivity contribution is 5.91. The summed E-state index contributed by atoms with van der Waals surface area (Å²) in [4.78, 5) is 23.3. The SMILES string of the molecule is CCCCC(CC)COC(=O)Nc1cc(NC(=O)OC)cc(C)c1O. The number of carbonyl (C=O) groups excluding carboxylic acids is 2. The molecule has 3 N–H and O–H groups in total. The van der Waals surface area contributed by atoms with Gasteiger partial charge >= 0.3 is 12.2 Å². The molecule has 0 aromatic heterocycles. The van der Waals surface area contributed by atoms with Gasteiger partial charge in [0.05, 0.1) is 19.4 Å². The Morgan fingerprint density at radius 1 is 1.20 bits per heavy atom. The number of amides is 2. The second-order valence-corrected chi connectivity index (χ2v) is 5.95.